The predicted molar refractivity (Wildman–Crippen MR) is 143 cm³/mol. The van der Waals surface area contributed by atoms with Gasteiger partial charge in [-0.3, -0.25) is 9.59 Å². The lowest BCUT2D eigenvalue weighted by Gasteiger charge is -2.32. The fourth-order valence-electron chi connectivity index (χ4n) is 3.71. The van der Waals surface area contributed by atoms with Crippen LogP contribution in [0.1, 0.15) is 37.0 Å². The van der Waals surface area contributed by atoms with Gasteiger partial charge in [-0.15, -0.1) is 0 Å². The first-order chi connectivity index (χ1) is 16.9. The first-order valence-corrected chi connectivity index (χ1v) is 12.7. The third kappa shape index (κ3) is 7.96. The van der Waals surface area contributed by atoms with Crippen molar-refractivity contribution in [3.05, 3.63) is 100 Å². The molecule has 2 unspecified atom stereocenters. The van der Waals surface area contributed by atoms with Crippen LogP contribution in [0.4, 0.5) is 0 Å². The standard InChI is InChI=1S/C29H33BrN2O3/c1-4-22(3)31-29(34)27(18-23-11-7-5-8-12-23)32(19-24-13-9-6-10-14-24)28(33)20-35-25-15-16-26(30)21(2)17-25/h5-17,22,27H,4,18-20H2,1-3H3,(H,31,34). The Morgan fingerprint density at radius 2 is 1.60 bits per heavy atom. The Labute approximate surface area is 216 Å². The molecule has 2 atom stereocenters. The van der Waals surface area contributed by atoms with Crippen LogP contribution in [-0.2, 0) is 22.6 Å². The second kappa shape index (κ2) is 13.1. The van der Waals surface area contributed by atoms with E-state index >= 15 is 0 Å². The molecule has 6 heteroatoms. The fraction of sp³-hybridized carbons (Fsp3) is 0.310. The number of aryl methyl sites for hydroxylation is 1. The number of nitrogens with one attached hydrogen (secondary N) is 1. The highest BCUT2D eigenvalue weighted by molar-refractivity contribution is 9.10. The summed E-state index contributed by atoms with van der Waals surface area (Å²) in [5.74, 6) is 0.212. The zero-order chi connectivity index (χ0) is 25.2. The molecular formula is C29H33BrN2O3. The van der Waals surface area contributed by atoms with E-state index in [1.807, 2.05) is 99.6 Å². The average molecular weight is 537 g/mol. The maximum Gasteiger partial charge on any atom is 0.261 e. The minimum absolute atomic E-state index is 0.0106. The fourth-order valence-corrected chi connectivity index (χ4v) is 3.96. The summed E-state index contributed by atoms with van der Waals surface area (Å²) >= 11 is 3.49. The Morgan fingerprint density at radius 1 is 0.971 bits per heavy atom. The number of rotatable bonds is 11. The van der Waals surface area contributed by atoms with Crippen LogP contribution in [0.2, 0.25) is 0 Å². The number of halogens is 1. The van der Waals surface area contributed by atoms with Gasteiger partial charge in [0.05, 0.1) is 0 Å². The van der Waals surface area contributed by atoms with E-state index in [1.165, 1.54) is 0 Å². The van der Waals surface area contributed by atoms with Gasteiger partial charge >= 0.3 is 0 Å². The van der Waals surface area contributed by atoms with Crippen molar-refractivity contribution in [2.45, 2.75) is 52.2 Å². The molecule has 5 nitrogen and oxygen atoms in total. The van der Waals surface area contributed by atoms with E-state index in [2.05, 4.69) is 21.2 Å². The molecule has 0 radical (unpaired) electrons. The van der Waals surface area contributed by atoms with Crippen molar-refractivity contribution < 1.29 is 14.3 Å². The van der Waals surface area contributed by atoms with Gasteiger partial charge in [0.1, 0.15) is 11.8 Å². The lowest BCUT2D eigenvalue weighted by Crippen LogP contribution is -2.53. The van der Waals surface area contributed by atoms with Gasteiger partial charge in [-0.05, 0) is 55.2 Å². The van der Waals surface area contributed by atoms with E-state index in [0.717, 1.165) is 27.6 Å². The first-order valence-electron chi connectivity index (χ1n) is 11.9. The Hall–Kier alpha value is -3.12. The molecule has 0 fully saturated rings. The summed E-state index contributed by atoms with van der Waals surface area (Å²) in [6.45, 7) is 6.12. The van der Waals surface area contributed by atoms with E-state index in [0.29, 0.717) is 18.7 Å². The number of ether oxygens (including phenoxy) is 1. The molecule has 0 aliphatic carbocycles. The quantitative estimate of drug-likeness (QED) is 0.342. The van der Waals surface area contributed by atoms with Crippen molar-refractivity contribution in [3.63, 3.8) is 0 Å². The summed E-state index contributed by atoms with van der Waals surface area (Å²) in [4.78, 5) is 28.7. The molecule has 0 spiro atoms. The van der Waals surface area contributed by atoms with Gasteiger partial charge in [-0.25, -0.2) is 0 Å². The van der Waals surface area contributed by atoms with Crippen molar-refractivity contribution >= 4 is 27.7 Å². The molecule has 184 valence electrons. The lowest BCUT2D eigenvalue weighted by molar-refractivity contribution is -0.143. The number of hydrogen-bond donors (Lipinski definition) is 1. The summed E-state index contributed by atoms with van der Waals surface area (Å²) in [7, 11) is 0. The number of hydrogen-bond acceptors (Lipinski definition) is 3. The van der Waals surface area contributed by atoms with Crippen LogP contribution in [0.15, 0.2) is 83.3 Å². The number of amides is 2. The summed E-state index contributed by atoms with van der Waals surface area (Å²) in [6, 6.07) is 24.5. The second-order valence-corrected chi connectivity index (χ2v) is 9.58. The van der Waals surface area contributed by atoms with E-state index in [1.54, 1.807) is 4.90 Å². The van der Waals surface area contributed by atoms with Gasteiger partial charge in [-0.1, -0.05) is 83.5 Å². The smallest absolute Gasteiger partial charge is 0.261 e. The lowest BCUT2D eigenvalue weighted by atomic mass is 10.0. The average Bonchev–Trinajstić information content (AvgIpc) is 2.87. The molecule has 0 aliphatic heterocycles. The van der Waals surface area contributed by atoms with Crippen LogP contribution in [-0.4, -0.2) is 35.4 Å². The maximum absolute atomic E-state index is 13.6. The molecule has 1 N–H and O–H groups in total. The first kappa shape index (κ1) is 26.5. The van der Waals surface area contributed by atoms with E-state index in [4.69, 9.17) is 4.74 Å². The molecule has 3 rings (SSSR count). The second-order valence-electron chi connectivity index (χ2n) is 8.73. The molecule has 35 heavy (non-hydrogen) atoms. The monoisotopic (exact) mass is 536 g/mol. The number of carbonyl (C=O) groups excluding carboxylic acids is 2. The molecule has 3 aromatic carbocycles. The van der Waals surface area contributed by atoms with Gasteiger partial charge in [-0.2, -0.15) is 0 Å². The summed E-state index contributed by atoms with van der Waals surface area (Å²) in [5.41, 5.74) is 2.97. The maximum atomic E-state index is 13.6. The predicted octanol–water partition coefficient (Wildman–Crippen LogP) is 5.69. The third-order valence-electron chi connectivity index (χ3n) is 5.96. The van der Waals surface area contributed by atoms with Crippen LogP contribution in [0.3, 0.4) is 0 Å². The number of carbonyl (C=O) groups is 2. The SMILES string of the molecule is CCC(C)NC(=O)C(Cc1ccccc1)N(Cc1ccccc1)C(=O)COc1ccc(Br)c(C)c1. The van der Waals surface area contributed by atoms with Gasteiger partial charge in [0.2, 0.25) is 5.91 Å². The van der Waals surface area contributed by atoms with Gasteiger partial charge in [0.25, 0.3) is 5.91 Å². The van der Waals surface area contributed by atoms with Crippen molar-refractivity contribution in [2.24, 2.45) is 0 Å². The van der Waals surface area contributed by atoms with Crippen LogP contribution in [0.25, 0.3) is 0 Å². The summed E-state index contributed by atoms with van der Waals surface area (Å²) in [5, 5.41) is 3.08. The molecule has 3 aromatic rings. The van der Waals surface area contributed by atoms with Crippen molar-refractivity contribution in [1.82, 2.24) is 10.2 Å². The zero-order valence-corrected chi connectivity index (χ0v) is 22.1. The molecule has 0 saturated carbocycles. The van der Waals surface area contributed by atoms with Crippen LogP contribution in [0.5, 0.6) is 5.75 Å². The molecule has 0 saturated heterocycles. The van der Waals surface area contributed by atoms with Crippen LogP contribution >= 0.6 is 15.9 Å². The molecule has 0 heterocycles. The summed E-state index contributed by atoms with van der Waals surface area (Å²) < 4.78 is 6.84. The van der Waals surface area contributed by atoms with E-state index < -0.39 is 6.04 Å². The van der Waals surface area contributed by atoms with Gasteiger partial charge in [0.15, 0.2) is 6.61 Å². The number of nitrogens with zero attached hydrogens (tertiary/aromatic N) is 1. The molecular weight excluding hydrogens is 504 g/mol. The molecule has 2 amide bonds. The highest BCUT2D eigenvalue weighted by Crippen LogP contribution is 2.22. The highest BCUT2D eigenvalue weighted by atomic mass is 79.9. The zero-order valence-electron chi connectivity index (χ0n) is 20.5. The highest BCUT2D eigenvalue weighted by Gasteiger charge is 2.31. The third-order valence-corrected chi connectivity index (χ3v) is 6.85. The summed E-state index contributed by atoms with van der Waals surface area (Å²) in [6.07, 6.45) is 1.22. The topological polar surface area (TPSA) is 58.6 Å². The Kier molecular flexibility index (Phi) is 9.91. The van der Waals surface area contributed by atoms with Crippen molar-refractivity contribution in [1.29, 1.82) is 0 Å². The van der Waals surface area contributed by atoms with Crippen LogP contribution < -0.4 is 10.1 Å². The van der Waals surface area contributed by atoms with E-state index in [-0.39, 0.29) is 24.5 Å². The molecule has 0 aliphatic rings. The minimum atomic E-state index is -0.672. The van der Waals surface area contributed by atoms with Crippen molar-refractivity contribution in [2.75, 3.05) is 6.61 Å². The van der Waals surface area contributed by atoms with Crippen molar-refractivity contribution in [3.8, 4) is 5.75 Å². The molecule has 0 bridgehead atoms. The van der Waals surface area contributed by atoms with E-state index in [9.17, 15) is 9.59 Å². The largest absolute Gasteiger partial charge is 0.484 e. The Balaban J connectivity index is 1.89. The van der Waals surface area contributed by atoms with Gasteiger partial charge < -0.3 is 15.0 Å². The Bertz CT molecular complexity index is 1110. The minimum Gasteiger partial charge on any atom is -0.484 e. The molecule has 0 aromatic heterocycles. The van der Waals surface area contributed by atoms with Crippen LogP contribution in [0, 0.1) is 6.92 Å². The number of benzene rings is 3. The normalized spacial score (nSPS) is 12.5. The Morgan fingerprint density at radius 3 is 2.20 bits per heavy atom. The van der Waals surface area contributed by atoms with Gasteiger partial charge in [0, 0.05) is 23.5 Å².